The molecule has 0 aliphatic rings. The van der Waals surface area contributed by atoms with E-state index in [1.807, 2.05) is 13.0 Å². The van der Waals surface area contributed by atoms with E-state index < -0.39 is 0 Å². The van der Waals surface area contributed by atoms with Crippen LogP contribution in [0.25, 0.3) is 0 Å². The summed E-state index contributed by atoms with van der Waals surface area (Å²) in [5, 5.41) is 0. The van der Waals surface area contributed by atoms with Crippen molar-refractivity contribution in [2.45, 2.75) is 6.92 Å². The third-order valence-corrected chi connectivity index (χ3v) is 2.28. The molecule has 0 saturated heterocycles. The molecule has 4 heteroatoms. The highest BCUT2D eigenvalue weighted by atomic mass is 16.1. The Morgan fingerprint density at radius 3 is 2.62 bits per heavy atom. The lowest BCUT2D eigenvalue weighted by Crippen LogP contribution is -2.06. The first-order valence-corrected chi connectivity index (χ1v) is 4.84. The fourth-order valence-corrected chi connectivity index (χ4v) is 1.44. The van der Waals surface area contributed by atoms with Gasteiger partial charge in [0.1, 0.15) is 6.33 Å². The van der Waals surface area contributed by atoms with Gasteiger partial charge in [-0.05, 0) is 19.1 Å². The lowest BCUT2D eigenvalue weighted by molar-refractivity contribution is 0.103. The number of hydrogen-bond donors (Lipinski definition) is 1. The molecule has 0 aliphatic heterocycles. The summed E-state index contributed by atoms with van der Waals surface area (Å²) >= 11 is 0. The number of nitrogen functional groups attached to an aromatic ring is 1. The largest absolute Gasteiger partial charge is 0.398 e. The van der Waals surface area contributed by atoms with Crippen molar-refractivity contribution in [3.05, 3.63) is 53.6 Å². The van der Waals surface area contributed by atoms with Gasteiger partial charge < -0.3 is 5.73 Å². The van der Waals surface area contributed by atoms with Crippen molar-refractivity contribution in [2.75, 3.05) is 5.73 Å². The zero-order chi connectivity index (χ0) is 11.5. The monoisotopic (exact) mass is 213 g/mol. The number of aryl methyl sites for hydroxylation is 1. The highest BCUT2D eigenvalue weighted by Crippen LogP contribution is 2.17. The van der Waals surface area contributed by atoms with Gasteiger partial charge in [-0.25, -0.2) is 9.97 Å². The van der Waals surface area contributed by atoms with E-state index in [4.69, 9.17) is 5.73 Å². The van der Waals surface area contributed by atoms with Gasteiger partial charge >= 0.3 is 0 Å². The van der Waals surface area contributed by atoms with Crippen molar-refractivity contribution in [1.82, 2.24) is 9.97 Å². The molecule has 0 atom stereocenters. The minimum absolute atomic E-state index is 0.151. The van der Waals surface area contributed by atoms with E-state index in [1.165, 1.54) is 18.7 Å². The number of carbonyl (C=O) groups excluding carboxylic acids is 1. The number of hydrogen-bond acceptors (Lipinski definition) is 4. The van der Waals surface area contributed by atoms with Crippen LogP contribution in [0.4, 0.5) is 5.69 Å². The molecule has 0 unspecified atom stereocenters. The number of nitrogens with two attached hydrogens (primary N) is 1. The smallest absolute Gasteiger partial charge is 0.198 e. The highest BCUT2D eigenvalue weighted by molar-refractivity contribution is 6.11. The molecule has 16 heavy (non-hydrogen) atoms. The van der Waals surface area contributed by atoms with Gasteiger partial charge in [-0.1, -0.05) is 11.6 Å². The molecule has 2 rings (SSSR count). The van der Waals surface area contributed by atoms with Crippen LogP contribution in [0.1, 0.15) is 21.5 Å². The summed E-state index contributed by atoms with van der Waals surface area (Å²) in [5.74, 6) is -0.151. The summed E-state index contributed by atoms with van der Waals surface area (Å²) in [7, 11) is 0. The van der Waals surface area contributed by atoms with Gasteiger partial charge in [0, 0.05) is 23.6 Å². The molecule has 1 heterocycles. The van der Waals surface area contributed by atoms with Gasteiger partial charge in [-0.2, -0.15) is 0 Å². The van der Waals surface area contributed by atoms with E-state index in [9.17, 15) is 4.79 Å². The second kappa shape index (κ2) is 4.10. The molecule has 0 bridgehead atoms. The lowest BCUT2D eigenvalue weighted by atomic mass is 10.0. The molecular formula is C12H11N3O. The topological polar surface area (TPSA) is 68.9 Å². The summed E-state index contributed by atoms with van der Waals surface area (Å²) in [6.45, 7) is 1.91. The molecule has 2 aromatic rings. The number of rotatable bonds is 2. The van der Waals surface area contributed by atoms with Crippen LogP contribution in [-0.4, -0.2) is 15.8 Å². The first kappa shape index (κ1) is 10.3. The molecule has 1 aromatic heterocycles. The van der Waals surface area contributed by atoms with Crippen molar-refractivity contribution >= 4 is 11.5 Å². The standard InChI is InChI=1S/C12H11N3O/c1-8-2-3-11(13)10(4-8)12(16)9-5-14-7-15-6-9/h2-7H,13H2,1H3. The Labute approximate surface area is 93.2 Å². The van der Waals surface area contributed by atoms with Crippen LogP contribution < -0.4 is 5.73 Å². The maximum atomic E-state index is 12.1. The van der Waals surface area contributed by atoms with Crippen molar-refractivity contribution < 1.29 is 4.79 Å². The summed E-state index contributed by atoms with van der Waals surface area (Å²) in [6, 6.07) is 5.37. The third kappa shape index (κ3) is 1.91. The van der Waals surface area contributed by atoms with E-state index in [0.717, 1.165) is 5.56 Å². The van der Waals surface area contributed by atoms with Gasteiger partial charge in [-0.15, -0.1) is 0 Å². The number of carbonyl (C=O) groups is 1. The summed E-state index contributed by atoms with van der Waals surface area (Å²) in [5.41, 5.74) is 8.17. The number of ketones is 1. The molecular weight excluding hydrogens is 202 g/mol. The Hall–Kier alpha value is -2.23. The van der Waals surface area contributed by atoms with E-state index >= 15 is 0 Å². The van der Waals surface area contributed by atoms with Crippen LogP contribution in [0.2, 0.25) is 0 Å². The molecule has 0 radical (unpaired) electrons. The fraction of sp³-hybridized carbons (Fsp3) is 0.0833. The Bertz CT molecular complexity index is 523. The first-order chi connectivity index (χ1) is 7.68. The van der Waals surface area contributed by atoms with Crippen LogP contribution in [0.5, 0.6) is 0 Å². The van der Waals surface area contributed by atoms with Crippen molar-refractivity contribution in [3.63, 3.8) is 0 Å². The van der Waals surface area contributed by atoms with Crippen LogP contribution in [0.15, 0.2) is 36.9 Å². The maximum absolute atomic E-state index is 12.1. The summed E-state index contributed by atoms with van der Waals surface area (Å²) in [6.07, 6.45) is 4.35. The second-order valence-corrected chi connectivity index (χ2v) is 3.55. The number of nitrogens with zero attached hydrogens (tertiary/aromatic N) is 2. The summed E-state index contributed by atoms with van der Waals surface area (Å²) < 4.78 is 0. The van der Waals surface area contributed by atoms with E-state index in [0.29, 0.717) is 16.8 Å². The molecule has 1 aromatic carbocycles. The van der Waals surface area contributed by atoms with E-state index in [-0.39, 0.29) is 5.78 Å². The van der Waals surface area contributed by atoms with Gasteiger partial charge in [0.05, 0.1) is 5.56 Å². The molecule has 2 N–H and O–H groups in total. The molecule has 0 aliphatic carbocycles. The first-order valence-electron chi connectivity index (χ1n) is 4.84. The molecule has 80 valence electrons. The minimum atomic E-state index is -0.151. The van der Waals surface area contributed by atoms with Crippen LogP contribution >= 0.6 is 0 Å². The van der Waals surface area contributed by atoms with Crippen LogP contribution in [0.3, 0.4) is 0 Å². The fourth-order valence-electron chi connectivity index (χ4n) is 1.44. The quantitative estimate of drug-likeness (QED) is 0.607. The van der Waals surface area contributed by atoms with Gasteiger partial charge in [-0.3, -0.25) is 4.79 Å². The van der Waals surface area contributed by atoms with Crippen molar-refractivity contribution in [2.24, 2.45) is 0 Å². The molecule has 0 fully saturated rings. The lowest BCUT2D eigenvalue weighted by Gasteiger charge is -2.05. The normalized spacial score (nSPS) is 10.1. The van der Waals surface area contributed by atoms with Crippen LogP contribution in [0, 0.1) is 6.92 Å². The Balaban J connectivity index is 2.46. The third-order valence-electron chi connectivity index (χ3n) is 2.28. The Morgan fingerprint density at radius 2 is 1.94 bits per heavy atom. The summed E-state index contributed by atoms with van der Waals surface area (Å²) in [4.78, 5) is 19.7. The molecule has 4 nitrogen and oxygen atoms in total. The predicted molar refractivity (Wildman–Crippen MR) is 61.1 cm³/mol. The van der Waals surface area contributed by atoms with Crippen molar-refractivity contribution in [3.8, 4) is 0 Å². The molecule has 0 spiro atoms. The van der Waals surface area contributed by atoms with E-state index in [1.54, 1.807) is 12.1 Å². The highest BCUT2D eigenvalue weighted by Gasteiger charge is 2.12. The number of anilines is 1. The number of benzene rings is 1. The molecule has 0 saturated carbocycles. The predicted octanol–water partition coefficient (Wildman–Crippen LogP) is 1.60. The second-order valence-electron chi connectivity index (χ2n) is 3.55. The average molecular weight is 213 g/mol. The molecule has 0 amide bonds. The Morgan fingerprint density at radius 1 is 1.25 bits per heavy atom. The average Bonchev–Trinajstić information content (AvgIpc) is 2.32. The number of aromatic nitrogens is 2. The minimum Gasteiger partial charge on any atom is -0.398 e. The van der Waals surface area contributed by atoms with Crippen LogP contribution in [-0.2, 0) is 0 Å². The SMILES string of the molecule is Cc1ccc(N)c(C(=O)c2cncnc2)c1. The van der Waals surface area contributed by atoms with Gasteiger partial charge in [0.25, 0.3) is 0 Å². The zero-order valence-corrected chi connectivity index (χ0v) is 8.84. The Kier molecular flexibility index (Phi) is 2.64. The van der Waals surface area contributed by atoms with Crippen molar-refractivity contribution in [1.29, 1.82) is 0 Å². The zero-order valence-electron chi connectivity index (χ0n) is 8.84. The van der Waals surface area contributed by atoms with E-state index in [2.05, 4.69) is 9.97 Å². The van der Waals surface area contributed by atoms with Gasteiger partial charge in [0.2, 0.25) is 0 Å². The maximum Gasteiger partial charge on any atom is 0.198 e. The van der Waals surface area contributed by atoms with Gasteiger partial charge in [0.15, 0.2) is 5.78 Å².